The number of rotatable bonds is 2. The second kappa shape index (κ2) is 3.83. The van der Waals surface area contributed by atoms with Crippen molar-refractivity contribution < 1.29 is 18.8 Å². The summed E-state index contributed by atoms with van der Waals surface area (Å²) in [6.45, 7) is 1.87. The van der Waals surface area contributed by atoms with E-state index in [2.05, 4.69) is 9.10 Å². The van der Waals surface area contributed by atoms with Gasteiger partial charge in [0.1, 0.15) is 11.3 Å². The smallest absolute Gasteiger partial charge is 0.343 e. The van der Waals surface area contributed by atoms with Gasteiger partial charge in [-0.05, 0) is 6.92 Å². The van der Waals surface area contributed by atoms with Crippen LogP contribution in [0, 0.1) is 0 Å². The molecule has 0 aromatic heterocycles. The monoisotopic (exact) mass is 217 g/mol. The molecule has 0 saturated carbocycles. The minimum Gasteiger partial charge on any atom is -0.506 e. The first-order chi connectivity index (χ1) is 6.46. The van der Waals surface area contributed by atoms with Crippen LogP contribution in [-0.2, 0) is 19.3 Å². The lowest BCUT2D eigenvalue weighted by molar-refractivity contribution is -0.138. The fraction of sp³-hybridized carbons (Fsp3) is 0.375. The van der Waals surface area contributed by atoms with Gasteiger partial charge in [0.25, 0.3) is 0 Å². The van der Waals surface area contributed by atoms with Crippen LogP contribution in [0.25, 0.3) is 0 Å². The summed E-state index contributed by atoms with van der Waals surface area (Å²) in [5.41, 5.74) is -0.0623. The molecule has 5 nitrogen and oxygen atoms in total. The lowest BCUT2D eigenvalue weighted by Crippen LogP contribution is -2.12. The predicted molar refractivity (Wildman–Crippen MR) is 51.9 cm³/mol. The highest BCUT2D eigenvalue weighted by Gasteiger charge is 2.19. The largest absolute Gasteiger partial charge is 0.506 e. The van der Waals surface area contributed by atoms with Gasteiger partial charge >= 0.3 is 5.97 Å². The van der Waals surface area contributed by atoms with E-state index in [1.807, 2.05) is 0 Å². The van der Waals surface area contributed by atoms with Gasteiger partial charge in [0.05, 0.1) is 27.9 Å². The van der Waals surface area contributed by atoms with E-state index >= 15 is 0 Å². The Morgan fingerprint density at radius 2 is 2.36 bits per heavy atom. The van der Waals surface area contributed by atoms with Crippen molar-refractivity contribution in [1.29, 1.82) is 0 Å². The van der Waals surface area contributed by atoms with Crippen LogP contribution in [0.3, 0.4) is 0 Å². The zero-order valence-corrected chi connectivity index (χ0v) is 8.71. The highest BCUT2D eigenvalue weighted by atomic mass is 32.2. The molecule has 0 aromatic carbocycles. The van der Waals surface area contributed by atoms with Crippen LogP contribution < -0.4 is 0 Å². The van der Waals surface area contributed by atoms with Crippen molar-refractivity contribution in [3.05, 3.63) is 22.9 Å². The molecule has 0 aromatic rings. The van der Waals surface area contributed by atoms with E-state index in [-0.39, 0.29) is 17.9 Å². The SMILES string of the molecule is CCOC(=O)C1=CN=[S@@](C)(=O)C=C1O. The van der Waals surface area contributed by atoms with Crippen LogP contribution in [0.2, 0.25) is 0 Å². The first-order valence-corrected chi connectivity index (χ1v) is 5.94. The second-order valence-electron chi connectivity index (χ2n) is 2.73. The van der Waals surface area contributed by atoms with E-state index < -0.39 is 15.7 Å². The molecule has 1 atom stereocenters. The average molecular weight is 217 g/mol. The van der Waals surface area contributed by atoms with Gasteiger partial charge < -0.3 is 9.84 Å². The lowest BCUT2D eigenvalue weighted by Gasteiger charge is -2.09. The van der Waals surface area contributed by atoms with Crippen LogP contribution in [-0.4, -0.2) is 28.1 Å². The van der Waals surface area contributed by atoms with E-state index in [0.717, 1.165) is 11.6 Å². The molecule has 1 aliphatic rings. The standard InChI is InChI=1S/C8H11NO4S/c1-3-13-8(11)6-4-9-14(2,12)5-7(6)10/h4-5,10H,3H2,1-2H3/t14-/m0/s1. The summed E-state index contributed by atoms with van der Waals surface area (Å²) in [5.74, 6) is -1.01. The Morgan fingerprint density at radius 1 is 1.71 bits per heavy atom. The number of carbonyl (C=O) groups is 1. The van der Waals surface area contributed by atoms with Crippen molar-refractivity contribution in [2.75, 3.05) is 12.9 Å². The third-order valence-electron chi connectivity index (χ3n) is 1.49. The molecule has 1 N–H and O–H groups in total. The van der Waals surface area contributed by atoms with Gasteiger partial charge in [0, 0.05) is 6.26 Å². The molecule has 0 saturated heterocycles. The normalized spacial score (nSPS) is 25.9. The van der Waals surface area contributed by atoms with Crippen molar-refractivity contribution in [2.45, 2.75) is 6.92 Å². The number of nitrogens with zero attached hydrogens (tertiary/aromatic N) is 1. The van der Waals surface area contributed by atoms with Crippen molar-refractivity contribution in [3.63, 3.8) is 0 Å². The lowest BCUT2D eigenvalue weighted by atomic mass is 10.2. The Labute approximate surface area is 82.3 Å². The highest BCUT2D eigenvalue weighted by Crippen LogP contribution is 2.16. The fourth-order valence-electron chi connectivity index (χ4n) is 0.891. The summed E-state index contributed by atoms with van der Waals surface area (Å²) < 4.78 is 19.6. The summed E-state index contributed by atoms with van der Waals surface area (Å²) in [7, 11) is -2.53. The van der Waals surface area contributed by atoms with Gasteiger partial charge in [-0.25, -0.2) is 13.4 Å². The van der Waals surface area contributed by atoms with Gasteiger partial charge in [-0.2, -0.15) is 0 Å². The first-order valence-electron chi connectivity index (χ1n) is 3.96. The quantitative estimate of drug-likeness (QED) is 0.698. The molecule has 1 heterocycles. The number of esters is 1. The Morgan fingerprint density at radius 3 is 2.86 bits per heavy atom. The van der Waals surface area contributed by atoms with Crippen LogP contribution in [0.15, 0.2) is 27.3 Å². The molecule has 0 unspecified atom stereocenters. The van der Waals surface area contributed by atoms with E-state index in [4.69, 9.17) is 0 Å². The molecule has 0 fully saturated rings. The van der Waals surface area contributed by atoms with Crippen LogP contribution in [0.5, 0.6) is 0 Å². The van der Waals surface area contributed by atoms with Crippen LogP contribution in [0.1, 0.15) is 6.92 Å². The molecule has 78 valence electrons. The Bertz CT molecular complexity index is 427. The zero-order valence-electron chi connectivity index (χ0n) is 7.89. The molecule has 0 spiro atoms. The summed E-state index contributed by atoms with van der Waals surface area (Å²) in [5, 5.41) is 10.4. The summed E-state index contributed by atoms with van der Waals surface area (Å²) in [6, 6.07) is 0. The molecular formula is C8H11NO4S. The van der Waals surface area contributed by atoms with Crippen LogP contribution in [0.4, 0.5) is 0 Å². The van der Waals surface area contributed by atoms with E-state index in [1.165, 1.54) is 6.26 Å². The fourth-order valence-corrected chi connectivity index (χ4v) is 1.81. The van der Waals surface area contributed by atoms with Crippen LogP contribution >= 0.6 is 0 Å². The average Bonchev–Trinajstić information content (AvgIpc) is 2.02. The minimum absolute atomic E-state index is 0.0623. The molecule has 0 radical (unpaired) electrons. The molecule has 14 heavy (non-hydrogen) atoms. The number of aliphatic hydroxyl groups excluding tert-OH is 1. The van der Waals surface area contributed by atoms with Crippen molar-refractivity contribution >= 4 is 15.7 Å². The zero-order chi connectivity index (χ0) is 10.8. The Hall–Kier alpha value is -1.30. The molecule has 0 aliphatic carbocycles. The second-order valence-corrected chi connectivity index (χ2v) is 4.90. The van der Waals surface area contributed by atoms with E-state index in [9.17, 15) is 14.1 Å². The number of hydrogen-bond donors (Lipinski definition) is 1. The summed E-state index contributed by atoms with van der Waals surface area (Å²) >= 11 is 0. The molecule has 1 rings (SSSR count). The van der Waals surface area contributed by atoms with Gasteiger partial charge in [-0.3, -0.25) is 0 Å². The predicted octanol–water partition coefficient (Wildman–Crippen LogP) is 0.944. The number of aliphatic hydroxyl groups is 1. The first kappa shape index (κ1) is 10.8. The molecule has 6 heteroatoms. The maximum atomic E-state index is 11.3. The molecular weight excluding hydrogens is 206 g/mol. The highest BCUT2D eigenvalue weighted by molar-refractivity contribution is 7.95. The van der Waals surface area contributed by atoms with Crippen molar-refractivity contribution in [2.24, 2.45) is 4.36 Å². The number of carbonyl (C=O) groups excluding carboxylic acids is 1. The summed E-state index contributed by atoms with van der Waals surface area (Å²) in [6.07, 6.45) is 2.44. The Kier molecular flexibility index (Phi) is 2.95. The van der Waals surface area contributed by atoms with Gasteiger partial charge in [0.2, 0.25) is 0 Å². The minimum atomic E-state index is -2.53. The molecule has 1 aliphatic heterocycles. The Balaban J connectivity index is 3.02. The van der Waals surface area contributed by atoms with Gasteiger partial charge in [0.15, 0.2) is 0 Å². The maximum Gasteiger partial charge on any atom is 0.343 e. The van der Waals surface area contributed by atoms with Crippen molar-refractivity contribution in [3.8, 4) is 0 Å². The van der Waals surface area contributed by atoms with Gasteiger partial charge in [-0.1, -0.05) is 0 Å². The van der Waals surface area contributed by atoms with Gasteiger partial charge in [-0.15, -0.1) is 0 Å². The van der Waals surface area contributed by atoms with E-state index in [0.29, 0.717) is 0 Å². The molecule has 0 amide bonds. The summed E-state index contributed by atoms with van der Waals surface area (Å²) in [4.78, 5) is 11.2. The van der Waals surface area contributed by atoms with Crippen molar-refractivity contribution in [1.82, 2.24) is 0 Å². The number of hydrogen-bond acceptors (Lipinski definition) is 5. The maximum absolute atomic E-state index is 11.3. The molecule has 0 bridgehead atoms. The topological polar surface area (TPSA) is 76.0 Å². The third kappa shape index (κ3) is 2.35. The third-order valence-corrected chi connectivity index (χ3v) is 2.68. The number of ether oxygens (including phenoxy) is 1. The van der Waals surface area contributed by atoms with E-state index in [1.54, 1.807) is 6.92 Å².